The van der Waals surface area contributed by atoms with Crippen LogP contribution < -0.4 is 5.73 Å². The van der Waals surface area contributed by atoms with Crippen LogP contribution >= 0.6 is 12.2 Å². The highest BCUT2D eigenvalue weighted by atomic mass is 32.1. The molecule has 1 rings (SSSR count). The highest BCUT2D eigenvalue weighted by Gasteiger charge is 2.13. The number of carbonyl (C=O) groups excluding carboxylic acids is 1. The number of hydrogen-bond donors (Lipinski definition) is 1. The molecule has 1 aromatic rings. The van der Waals surface area contributed by atoms with Crippen LogP contribution in [0.3, 0.4) is 0 Å². The minimum atomic E-state index is 0.0952. The molecule has 19 heavy (non-hydrogen) atoms. The average molecular weight is 278 g/mol. The van der Waals surface area contributed by atoms with Gasteiger partial charge in [0.25, 0.3) is 5.91 Å². The maximum Gasteiger partial charge on any atom is 0.253 e. The summed E-state index contributed by atoms with van der Waals surface area (Å²) < 4.78 is 0. The fourth-order valence-corrected chi connectivity index (χ4v) is 2.07. The lowest BCUT2D eigenvalue weighted by Crippen LogP contribution is -2.31. The van der Waals surface area contributed by atoms with Crippen molar-refractivity contribution >= 4 is 23.1 Å². The quantitative estimate of drug-likeness (QED) is 0.780. The molecule has 3 nitrogen and oxygen atoms in total. The molecule has 2 N–H and O–H groups in total. The van der Waals surface area contributed by atoms with Crippen molar-refractivity contribution in [2.75, 3.05) is 13.1 Å². The molecule has 0 aliphatic rings. The van der Waals surface area contributed by atoms with Gasteiger partial charge in [-0.25, -0.2) is 0 Å². The number of hydrogen-bond acceptors (Lipinski definition) is 2. The average Bonchev–Trinajstić information content (AvgIpc) is 2.39. The van der Waals surface area contributed by atoms with Gasteiger partial charge in [-0.1, -0.05) is 37.7 Å². The summed E-state index contributed by atoms with van der Waals surface area (Å²) in [6.07, 6.45) is 2.72. The molecule has 0 aliphatic carbocycles. The molecule has 0 heterocycles. The molecular formula is C15H22N2OS. The van der Waals surface area contributed by atoms with Gasteiger partial charge >= 0.3 is 0 Å². The van der Waals surface area contributed by atoms with Crippen molar-refractivity contribution < 1.29 is 4.79 Å². The largest absolute Gasteiger partial charge is 0.393 e. The summed E-state index contributed by atoms with van der Waals surface area (Å²) in [5.41, 5.74) is 7.27. The standard InChI is InChI=1S/C15H22N2OS/c1-3-5-10-17(4-2)15(18)13-8-6-12(7-9-13)11-14(16)19/h6-9H,3-5,10-11H2,1-2H3,(H2,16,19). The molecule has 0 spiro atoms. The molecule has 0 aromatic heterocycles. The Morgan fingerprint density at radius 3 is 2.37 bits per heavy atom. The molecule has 0 aliphatic heterocycles. The Bertz CT molecular complexity index is 428. The van der Waals surface area contributed by atoms with Crippen molar-refractivity contribution in [3.8, 4) is 0 Å². The van der Waals surface area contributed by atoms with Gasteiger partial charge in [0.15, 0.2) is 0 Å². The molecule has 4 heteroatoms. The summed E-state index contributed by atoms with van der Waals surface area (Å²) in [5, 5.41) is 0. The number of amides is 1. The third kappa shape index (κ3) is 4.99. The van der Waals surface area contributed by atoms with Crippen molar-refractivity contribution in [1.82, 2.24) is 4.90 Å². The van der Waals surface area contributed by atoms with Gasteiger partial charge in [-0.05, 0) is 31.0 Å². The van der Waals surface area contributed by atoms with Crippen LogP contribution in [0.1, 0.15) is 42.6 Å². The zero-order valence-electron chi connectivity index (χ0n) is 11.7. The highest BCUT2D eigenvalue weighted by molar-refractivity contribution is 7.80. The Morgan fingerprint density at radius 2 is 1.89 bits per heavy atom. The first-order valence-corrected chi connectivity index (χ1v) is 7.15. The molecule has 0 atom stereocenters. The molecule has 0 unspecified atom stereocenters. The van der Waals surface area contributed by atoms with Crippen LogP contribution in [0.5, 0.6) is 0 Å². The summed E-state index contributed by atoms with van der Waals surface area (Å²) in [6.45, 7) is 5.70. The first-order chi connectivity index (χ1) is 9.08. The molecule has 1 amide bonds. The van der Waals surface area contributed by atoms with Gasteiger partial charge in [-0.3, -0.25) is 4.79 Å². The summed E-state index contributed by atoms with van der Waals surface area (Å²) in [5.74, 6) is 0.0952. The van der Waals surface area contributed by atoms with Gasteiger partial charge in [-0.15, -0.1) is 0 Å². The Hall–Kier alpha value is -1.42. The number of carbonyl (C=O) groups is 1. The normalized spacial score (nSPS) is 10.2. The lowest BCUT2D eigenvalue weighted by molar-refractivity contribution is 0.0762. The first-order valence-electron chi connectivity index (χ1n) is 6.75. The molecule has 1 aromatic carbocycles. The monoisotopic (exact) mass is 278 g/mol. The van der Waals surface area contributed by atoms with E-state index in [9.17, 15) is 4.79 Å². The number of rotatable bonds is 7. The number of unbranched alkanes of at least 4 members (excludes halogenated alkanes) is 1. The highest BCUT2D eigenvalue weighted by Crippen LogP contribution is 2.09. The van der Waals surface area contributed by atoms with E-state index in [0.717, 1.165) is 37.1 Å². The molecule has 0 bridgehead atoms. The zero-order valence-corrected chi connectivity index (χ0v) is 12.5. The number of benzene rings is 1. The van der Waals surface area contributed by atoms with Crippen LogP contribution in [0.15, 0.2) is 24.3 Å². The van der Waals surface area contributed by atoms with E-state index in [1.165, 1.54) is 0 Å². The molecule has 0 saturated heterocycles. The predicted octanol–water partition coefficient (Wildman–Crippen LogP) is 2.78. The lowest BCUT2D eigenvalue weighted by Gasteiger charge is -2.20. The third-order valence-corrected chi connectivity index (χ3v) is 3.17. The van der Waals surface area contributed by atoms with Gasteiger partial charge in [-0.2, -0.15) is 0 Å². The molecule has 0 fully saturated rings. The van der Waals surface area contributed by atoms with E-state index in [2.05, 4.69) is 6.92 Å². The van der Waals surface area contributed by atoms with Crippen LogP contribution in [-0.2, 0) is 6.42 Å². The lowest BCUT2D eigenvalue weighted by atomic mass is 10.1. The van der Waals surface area contributed by atoms with Crippen LogP contribution in [0.25, 0.3) is 0 Å². The van der Waals surface area contributed by atoms with E-state index in [-0.39, 0.29) is 5.91 Å². The van der Waals surface area contributed by atoms with E-state index in [1.807, 2.05) is 36.1 Å². The maximum absolute atomic E-state index is 12.3. The summed E-state index contributed by atoms with van der Waals surface area (Å²) in [7, 11) is 0. The molecule has 0 radical (unpaired) electrons. The number of thiocarbonyl (C=S) groups is 1. The Kier molecular flexibility index (Phi) is 6.50. The van der Waals surface area contributed by atoms with Crippen molar-refractivity contribution in [3.63, 3.8) is 0 Å². The Balaban J connectivity index is 2.73. The van der Waals surface area contributed by atoms with Crippen molar-refractivity contribution in [2.24, 2.45) is 5.73 Å². The predicted molar refractivity (Wildman–Crippen MR) is 83.4 cm³/mol. The van der Waals surface area contributed by atoms with Gasteiger partial charge in [0.1, 0.15) is 0 Å². The summed E-state index contributed by atoms with van der Waals surface area (Å²) >= 11 is 4.87. The summed E-state index contributed by atoms with van der Waals surface area (Å²) in [6, 6.07) is 7.54. The topological polar surface area (TPSA) is 46.3 Å². The van der Waals surface area contributed by atoms with Crippen LogP contribution in [0, 0.1) is 0 Å². The molecule has 0 saturated carbocycles. The van der Waals surface area contributed by atoms with Crippen LogP contribution in [0.4, 0.5) is 0 Å². The van der Waals surface area contributed by atoms with Gasteiger partial charge in [0.05, 0.1) is 4.99 Å². The zero-order chi connectivity index (χ0) is 14.3. The van der Waals surface area contributed by atoms with Crippen molar-refractivity contribution in [1.29, 1.82) is 0 Å². The van der Waals surface area contributed by atoms with E-state index in [0.29, 0.717) is 11.4 Å². The minimum absolute atomic E-state index is 0.0952. The third-order valence-electron chi connectivity index (χ3n) is 3.03. The maximum atomic E-state index is 12.3. The second kappa shape index (κ2) is 7.89. The van der Waals surface area contributed by atoms with E-state index >= 15 is 0 Å². The van der Waals surface area contributed by atoms with Crippen molar-refractivity contribution in [3.05, 3.63) is 35.4 Å². The Labute approximate surface area is 120 Å². The van der Waals surface area contributed by atoms with E-state index in [4.69, 9.17) is 18.0 Å². The smallest absolute Gasteiger partial charge is 0.253 e. The fraction of sp³-hybridized carbons (Fsp3) is 0.467. The molecule has 104 valence electrons. The van der Waals surface area contributed by atoms with Gasteiger partial charge in [0.2, 0.25) is 0 Å². The fourth-order valence-electron chi connectivity index (χ4n) is 1.90. The van der Waals surface area contributed by atoms with Crippen LogP contribution in [0.2, 0.25) is 0 Å². The van der Waals surface area contributed by atoms with Gasteiger partial charge < -0.3 is 10.6 Å². The summed E-state index contributed by atoms with van der Waals surface area (Å²) in [4.78, 5) is 14.6. The second-order valence-electron chi connectivity index (χ2n) is 4.58. The van der Waals surface area contributed by atoms with Crippen molar-refractivity contribution in [2.45, 2.75) is 33.1 Å². The number of nitrogens with two attached hydrogens (primary N) is 1. The SMILES string of the molecule is CCCCN(CC)C(=O)c1ccc(CC(N)=S)cc1. The first kappa shape index (κ1) is 15.6. The Morgan fingerprint density at radius 1 is 1.26 bits per heavy atom. The van der Waals surface area contributed by atoms with Crippen LogP contribution in [-0.4, -0.2) is 28.9 Å². The number of nitrogens with zero attached hydrogens (tertiary/aromatic N) is 1. The van der Waals surface area contributed by atoms with E-state index in [1.54, 1.807) is 0 Å². The van der Waals surface area contributed by atoms with Gasteiger partial charge in [0, 0.05) is 25.1 Å². The molecular weight excluding hydrogens is 256 g/mol. The minimum Gasteiger partial charge on any atom is -0.393 e. The second-order valence-corrected chi connectivity index (χ2v) is 5.10. The van der Waals surface area contributed by atoms with E-state index < -0.39 is 0 Å².